The van der Waals surface area contributed by atoms with Crippen molar-refractivity contribution in [2.75, 3.05) is 36.4 Å². The van der Waals surface area contributed by atoms with Crippen LogP contribution in [0.3, 0.4) is 0 Å². The number of hydrogen-bond donors (Lipinski definition) is 1. The zero-order valence-electron chi connectivity index (χ0n) is 23.2. The maximum atomic E-state index is 13.6. The van der Waals surface area contributed by atoms with E-state index >= 15 is 0 Å². The highest BCUT2D eigenvalue weighted by Crippen LogP contribution is 2.42. The smallest absolute Gasteiger partial charge is 0.416 e. The van der Waals surface area contributed by atoms with E-state index in [-0.39, 0.29) is 39.3 Å². The molecule has 1 aromatic carbocycles. The molecule has 2 saturated heterocycles. The highest BCUT2D eigenvalue weighted by atomic mass is 79.9. The van der Waals surface area contributed by atoms with Crippen molar-refractivity contribution in [2.45, 2.75) is 52.4 Å². The Hall–Kier alpha value is -3.33. The third-order valence-electron chi connectivity index (χ3n) is 7.08. The molecule has 2 amide bonds. The van der Waals surface area contributed by atoms with Crippen LogP contribution in [0, 0.1) is 5.41 Å². The number of nitrogens with one attached hydrogen (secondary N) is 1. The van der Waals surface area contributed by atoms with Crippen LogP contribution in [-0.4, -0.2) is 67.8 Å². The van der Waals surface area contributed by atoms with Gasteiger partial charge >= 0.3 is 12.3 Å². The largest absolute Gasteiger partial charge is 0.444 e. The molecule has 2 aliphatic heterocycles. The van der Waals surface area contributed by atoms with Gasteiger partial charge in [-0.25, -0.2) is 4.79 Å². The molecule has 0 atom stereocenters. The van der Waals surface area contributed by atoms with Gasteiger partial charge in [0.1, 0.15) is 17.8 Å². The molecular formula is C26H28BrClF3N7O4. The third kappa shape index (κ3) is 5.68. The Labute approximate surface area is 251 Å². The van der Waals surface area contributed by atoms with Gasteiger partial charge in [-0.15, -0.1) is 5.10 Å². The molecule has 11 nitrogen and oxygen atoms in total. The fraction of sp³-hybridized carbons (Fsp3) is 0.500. The maximum absolute atomic E-state index is 13.6. The van der Waals surface area contributed by atoms with Crippen molar-refractivity contribution in [3.05, 3.63) is 49.6 Å². The van der Waals surface area contributed by atoms with Gasteiger partial charge in [0.2, 0.25) is 16.4 Å². The lowest BCUT2D eigenvalue weighted by Crippen LogP contribution is -2.74. The molecule has 0 bridgehead atoms. The fourth-order valence-electron chi connectivity index (χ4n) is 5.37. The summed E-state index contributed by atoms with van der Waals surface area (Å²) in [6, 6.07) is 2.65. The number of aromatic nitrogens is 4. The van der Waals surface area contributed by atoms with Crippen LogP contribution in [0.4, 0.5) is 29.3 Å². The molecule has 2 aromatic heterocycles. The minimum absolute atomic E-state index is 0.0110. The van der Waals surface area contributed by atoms with E-state index in [1.807, 2.05) is 11.8 Å². The standard InChI is InChI=1S/C26H28BrClF3N7O4/c1-5-17-19(35-10-25(11-35)12-36(13-25)23(41)42-24(2,3)4)20(40)38-22(33-21(27)34-38)37(17)9-18(39)32-16-7-6-14(8-15(16)28)26(29,30)31/h6-8H,5,9-13H2,1-4H3,(H,32,39). The van der Waals surface area contributed by atoms with Crippen LogP contribution in [0.5, 0.6) is 0 Å². The molecule has 1 spiro atoms. The number of alkyl halides is 3. The Bertz CT molecular complexity index is 1640. The average Bonchev–Trinajstić information content (AvgIpc) is 3.21. The molecular weight excluding hydrogens is 647 g/mol. The van der Waals surface area contributed by atoms with E-state index in [9.17, 15) is 27.6 Å². The first-order chi connectivity index (χ1) is 19.5. The molecule has 42 heavy (non-hydrogen) atoms. The summed E-state index contributed by atoms with van der Waals surface area (Å²) < 4.78 is 47.3. The monoisotopic (exact) mass is 673 g/mol. The van der Waals surface area contributed by atoms with Gasteiger partial charge in [0.05, 0.1) is 22.0 Å². The molecule has 4 heterocycles. The molecule has 0 aliphatic carbocycles. The Morgan fingerprint density at radius 2 is 1.83 bits per heavy atom. The van der Waals surface area contributed by atoms with Gasteiger partial charge in [0.25, 0.3) is 5.56 Å². The summed E-state index contributed by atoms with van der Waals surface area (Å²) in [7, 11) is 0. The SMILES string of the molecule is CCc1c(N2CC3(CN(C(=O)OC(C)(C)C)C3)C2)c(=O)n2nc(Br)nc2n1CC(=O)Nc1ccc(C(F)(F)F)cc1Cl. The lowest BCUT2D eigenvalue weighted by atomic mass is 9.72. The molecule has 3 aromatic rings. The van der Waals surface area contributed by atoms with Gasteiger partial charge < -0.3 is 24.4 Å². The molecule has 5 rings (SSSR count). The van der Waals surface area contributed by atoms with Crippen molar-refractivity contribution in [3.63, 3.8) is 0 Å². The number of carbonyl (C=O) groups is 2. The summed E-state index contributed by atoms with van der Waals surface area (Å²) in [5.41, 5.74) is -1.20. The lowest BCUT2D eigenvalue weighted by molar-refractivity contribution is -0.137. The minimum Gasteiger partial charge on any atom is -0.444 e. The molecule has 2 aliphatic rings. The van der Waals surface area contributed by atoms with Gasteiger partial charge in [-0.05, 0) is 61.3 Å². The van der Waals surface area contributed by atoms with Crippen LogP contribution in [0.1, 0.15) is 39.0 Å². The molecule has 0 saturated carbocycles. The first kappa shape index (κ1) is 30.1. The number of rotatable bonds is 5. The highest BCUT2D eigenvalue weighted by Gasteiger charge is 2.55. The molecule has 16 heteroatoms. The van der Waals surface area contributed by atoms with Crippen LogP contribution in [0.2, 0.25) is 5.02 Å². The zero-order chi connectivity index (χ0) is 30.8. The molecule has 1 N–H and O–H groups in total. The highest BCUT2D eigenvalue weighted by molar-refractivity contribution is 9.10. The van der Waals surface area contributed by atoms with E-state index in [1.165, 1.54) is 0 Å². The number of anilines is 2. The Kier molecular flexibility index (Phi) is 7.49. The van der Waals surface area contributed by atoms with Gasteiger partial charge in [0.15, 0.2) is 0 Å². The van der Waals surface area contributed by atoms with Crippen LogP contribution in [0.15, 0.2) is 27.7 Å². The molecule has 0 unspecified atom stereocenters. The van der Waals surface area contributed by atoms with Crippen molar-refractivity contribution in [1.29, 1.82) is 0 Å². The second kappa shape index (κ2) is 10.4. The maximum Gasteiger partial charge on any atom is 0.416 e. The normalized spacial score (nSPS) is 16.4. The van der Waals surface area contributed by atoms with Crippen molar-refractivity contribution in [3.8, 4) is 0 Å². The number of nitrogens with zero attached hydrogens (tertiary/aromatic N) is 6. The zero-order valence-corrected chi connectivity index (χ0v) is 25.5. The third-order valence-corrected chi connectivity index (χ3v) is 7.73. The number of likely N-dealkylation sites (tertiary alicyclic amines) is 1. The van der Waals surface area contributed by atoms with E-state index in [2.05, 4.69) is 31.3 Å². The van der Waals surface area contributed by atoms with Crippen molar-refractivity contribution in [2.24, 2.45) is 5.41 Å². The van der Waals surface area contributed by atoms with Crippen LogP contribution in [0.25, 0.3) is 5.78 Å². The predicted octanol–water partition coefficient (Wildman–Crippen LogP) is 4.58. The first-order valence-electron chi connectivity index (χ1n) is 13.1. The van der Waals surface area contributed by atoms with E-state index in [0.717, 1.165) is 22.7 Å². The minimum atomic E-state index is -4.58. The summed E-state index contributed by atoms with van der Waals surface area (Å²) in [4.78, 5) is 46.9. The van der Waals surface area contributed by atoms with E-state index in [1.54, 1.807) is 30.2 Å². The first-order valence-corrected chi connectivity index (χ1v) is 14.2. The number of amides is 2. The topological polar surface area (TPSA) is 114 Å². The summed E-state index contributed by atoms with van der Waals surface area (Å²) >= 11 is 9.22. The Morgan fingerprint density at radius 1 is 1.17 bits per heavy atom. The van der Waals surface area contributed by atoms with E-state index in [0.29, 0.717) is 44.0 Å². The summed E-state index contributed by atoms with van der Waals surface area (Å²) in [5, 5.41) is 6.44. The number of hydrogen-bond acceptors (Lipinski definition) is 7. The molecule has 2 fully saturated rings. The van der Waals surface area contributed by atoms with Gasteiger partial charge in [-0.1, -0.05) is 18.5 Å². The van der Waals surface area contributed by atoms with E-state index in [4.69, 9.17) is 16.3 Å². The van der Waals surface area contributed by atoms with Crippen molar-refractivity contribution >= 4 is 56.7 Å². The van der Waals surface area contributed by atoms with E-state index < -0.39 is 28.8 Å². The Balaban J connectivity index is 1.39. The fourth-order valence-corrected chi connectivity index (χ4v) is 5.92. The van der Waals surface area contributed by atoms with Crippen LogP contribution >= 0.6 is 27.5 Å². The van der Waals surface area contributed by atoms with Crippen LogP contribution in [-0.2, 0) is 28.7 Å². The van der Waals surface area contributed by atoms with Gasteiger partial charge in [-0.3, -0.25) is 9.59 Å². The van der Waals surface area contributed by atoms with Crippen molar-refractivity contribution in [1.82, 2.24) is 24.1 Å². The average molecular weight is 675 g/mol. The molecule has 226 valence electrons. The summed E-state index contributed by atoms with van der Waals surface area (Å²) in [6.07, 6.45) is -4.59. The molecule has 0 radical (unpaired) electrons. The van der Waals surface area contributed by atoms with Gasteiger partial charge in [0, 0.05) is 31.6 Å². The summed E-state index contributed by atoms with van der Waals surface area (Å²) in [5.74, 6) is -0.467. The quantitative estimate of drug-likeness (QED) is 0.422. The number of carbonyl (C=O) groups excluding carboxylic acids is 2. The summed E-state index contributed by atoms with van der Waals surface area (Å²) in [6.45, 7) is 8.98. The van der Waals surface area contributed by atoms with Crippen LogP contribution < -0.4 is 15.8 Å². The Morgan fingerprint density at radius 3 is 2.40 bits per heavy atom. The number of benzene rings is 1. The van der Waals surface area contributed by atoms with Gasteiger partial charge in [-0.2, -0.15) is 22.7 Å². The lowest BCUT2D eigenvalue weighted by Gasteiger charge is -2.60. The predicted molar refractivity (Wildman–Crippen MR) is 152 cm³/mol. The van der Waals surface area contributed by atoms with Crippen molar-refractivity contribution < 1.29 is 27.5 Å². The number of ether oxygens (including phenoxy) is 1. The number of fused-ring (bicyclic) bond motifs is 1. The second-order valence-electron chi connectivity index (χ2n) is 11.6. The number of halogens is 5. The second-order valence-corrected chi connectivity index (χ2v) is 12.7.